The molecule has 2 fully saturated rings. The summed E-state index contributed by atoms with van der Waals surface area (Å²) >= 11 is 0. The van der Waals surface area contributed by atoms with Gasteiger partial charge in [0.15, 0.2) is 0 Å². The second kappa shape index (κ2) is 4.45. The highest BCUT2D eigenvalue weighted by Gasteiger charge is 2.52. The zero-order chi connectivity index (χ0) is 14.5. The average Bonchev–Trinajstić information content (AvgIpc) is 2.48. The predicted molar refractivity (Wildman–Crippen MR) is 77.9 cm³/mol. The van der Waals surface area contributed by atoms with E-state index >= 15 is 0 Å². The van der Waals surface area contributed by atoms with Gasteiger partial charge < -0.3 is 19.8 Å². The molecule has 20 heavy (non-hydrogen) atoms. The van der Waals surface area contributed by atoms with Crippen molar-refractivity contribution in [1.82, 2.24) is 4.98 Å². The lowest BCUT2D eigenvalue weighted by Gasteiger charge is -2.32. The van der Waals surface area contributed by atoms with E-state index in [9.17, 15) is 0 Å². The minimum absolute atomic E-state index is 0.312. The van der Waals surface area contributed by atoms with Crippen molar-refractivity contribution in [1.29, 1.82) is 0 Å². The summed E-state index contributed by atoms with van der Waals surface area (Å²) in [6, 6.07) is 0. The van der Waals surface area contributed by atoms with E-state index in [0.29, 0.717) is 24.8 Å². The number of nitrogens with zero attached hydrogens (tertiary/aromatic N) is 1. The Hall–Kier alpha value is -1.11. The summed E-state index contributed by atoms with van der Waals surface area (Å²) < 4.78 is 17.5. The molecule has 0 atom stereocenters. The molecule has 2 saturated heterocycles. The van der Waals surface area contributed by atoms with Crippen LogP contribution < -0.4 is 11.2 Å². The number of hydrogen-bond donors (Lipinski definition) is 1. The molecule has 1 aromatic heterocycles. The van der Waals surface area contributed by atoms with Crippen LogP contribution in [0.25, 0.3) is 0 Å². The fourth-order valence-corrected chi connectivity index (χ4v) is 2.54. The first kappa shape index (κ1) is 13.9. The monoisotopic (exact) mass is 276 g/mol. The van der Waals surface area contributed by atoms with Crippen molar-refractivity contribution in [3.63, 3.8) is 0 Å². The summed E-state index contributed by atoms with van der Waals surface area (Å²) in [4.78, 5) is 4.20. The molecule has 2 aliphatic heterocycles. The van der Waals surface area contributed by atoms with Gasteiger partial charge in [0.1, 0.15) is 0 Å². The summed E-state index contributed by atoms with van der Waals surface area (Å²) in [6.07, 6.45) is 3.48. The lowest BCUT2D eigenvalue weighted by molar-refractivity contribution is 0.00578. The SMILES string of the molecule is CC1(C)OB(c2cncc(N)c2C2COC2)OC1(C)C. The fraction of sp³-hybridized carbons (Fsp3) is 0.643. The normalized spacial score (nSPS) is 24.7. The maximum Gasteiger partial charge on any atom is 0.496 e. The van der Waals surface area contributed by atoms with Crippen molar-refractivity contribution >= 4 is 18.3 Å². The van der Waals surface area contributed by atoms with Crippen LogP contribution in [0.5, 0.6) is 0 Å². The van der Waals surface area contributed by atoms with Gasteiger partial charge in [0.25, 0.3) is 0 Å². The maximum atomic E-state index is 6.11. The molecule has 2 aliphatic rings. The van der Waals surface area contributed by atoms with Crippen LogP contribution >= 0.6 is 0 Å². The number of aromatic nitrogens is 1. The van der Waals surface area contributed by atoms with Crippen LogP contribution in [0.2, 0.25) is 0 Å². The minimum Gasteiger partial charge on any atom is -0.399 e. The maximum absolute atomic E-state index is 6.11. The quantitative estimate of drug-likeness (QED) is 0.819. The highest BCUT2D eigenvalue weighted by Crippen LogP contribution is 2.37. The third-order valence-electron chi connectivity index (χ3n) is 4.60. The van der Waals surface area contributed by atoms with E-state index in [2.05, 4.69) is 4.98 Å². The number of hydrogen-bond acceptors (Lipinski definition) is 5. The molecule has 3 rings (SSSR count). The van der Waals surface area contributed by atoms with Gasteiger partial charge in [0.05, 0.1) is 30.1 Å². The Morgan fingerprint density at radius 2 is 1.75 bits per heavy atom. The molecule has 0 saturated carbocycles. The van der Waals surface area contributed by atoms with E-state index in [1.54, 1.807) is 12.4 Å². The van der Waals surface area contributed by atoms with Gasteiger partial charge >= 0.3 is 7.12 Å². The lowest BCUT2D eigenvalue weighted by atomic mass is 9.73. The Kier molecular flexibility index (Phi) is 3.08. The summed E-state index contributed by atoms with van der Waals surface area (Å²) in [6.45, 7) is 9.55. The number of nitrogens with two attached hydrogens (primary N) is 1. The van der Waals surface area contributed by atoms with Crippen molar-refractivity contribution in [2.24, 2.45) is 0 Å². The molecule has 0 aliphatic carbocycles. The van der Waals surface area contributed by atoms with Crippen LogP contribution in [-0.4, -0.2) is 36.5 Å². The van der Waals surface area contributed by atoms with Crippen LogP contribution in [0.15, 0.2) is 12.4 Å². The minimum atomic E-state index is -0.424. The molecule has 5 nitrogen and oxygen atoms in total. The molecule has 2 N–H and O–H groups in total. The van der Waals surface area contributed by atoms with E-state index in [4.69, 9.17) is 19.8 Å². The van der Waals surface area contributed by atoms with E-state index < -0.39 is 7.12 Å². The molecule has 0 radical (unpaired) electrons. The van der Waals surface area contributed by atoms with Gasteiger partial charge in [-0.05, 0) is 33.3 Å². The zero-order valence-corrected chi connectivity index (χ0v) is 12.5. The van der Waals surface area contributed by atoms with E-state index in [0.717, 1.165) is 11.0 Å². The summed E-state index contributed by atoms with van der Waals surface area (Å²) in [7, 11) is -0.424. The third kappa shape index (κ3) is 2.03. The number of ether oxygens (including phenoxy) is 1. The van der Waals surface area contributed by atoms with Crippen LogP contribution in [0.1, 0.15) is 39.2 Å². The Morgan fingerprint density at radius 1 is 1.15 bits per heavy atom. The predicted octanol–water partition coefficient (Wildman–Crippen LogP) is 1.08. The molecule has 0 amide bonds. The van der Waals surface area contributed by atoms with E-state index in [-0.39, 0.29) is 11.2 Å². The van der Waals surface area contributed by atoms with Crippen LogP contribution in [0, 0.1) is 0 Å². The van der Waals surface area contributed by atoms with E-state index in [1.807, 2.05) is 27.7 Å². The third-order valence-corrected chi connectivity index (χ3v) is 4.60. The van der Waals surface area contributed by atoms with Gasteiger partial charge in [-0.15, -0.1) is 0 Å². The molecule has 6 heteroatoms. The largest absolute Gasteiger partial charge is 0.496 e. The molecular weight excluding hydrogens is 255 g/mol. The molecule has 0 aromatic carbocycles. The summed E-state index contributed by atoms with van der Waals surface area (Å²) in [5.41, 5.74) is 8.05. The first-order chi connectivity index (χ1) is 9.32. The van der Waals surface area contributed by atoms with Gasteiger partial charge in [-0.2, -0.15) is 0 Å². The standard InChI is InChI=1S/C14H21BN2O3/c1-13(2)14(3,4)20-15(19-13)10-5-17-6-11(16)12(10)9-7-18-8-9/h5-6,9H,7-8,16H2,1-4H3. The first-order valence-electron chi connectivity index (χ1n) is 6.98. The van der Waals surface area contributed by atoms with Gasteiger partial charge in [-0.1, -0.05) is 0 Å². The van der Waals surface area contributed by atoms with Gasteiger partial charge in [0.2, 0.25) is 0 Å². The van der Waals surface area contributed by atoms with Crippen molar-refractivity contribution in [2.45, 2.75) is 44.8 Å². The fourth-order valence-electron chi connectivity index (χ4n) is 2.54. The van der Waals surface area contributed by atoms with Crippen molar-refractivity contribution in [3.8, 4) is 0 Å². The van der Waals surface area contributed by atoms with Crippen LogP contribution in [0.4, 0.5) is 5.69 Å². The molecule has 0 bridgehead atoms. The topological polar surface area (TPSA) is 66.6 Å². The van der Waals surface area contributed by atoms with Crippen molar-refractivity contribution in [3.05, 3.63) is 18.0 Å². The number of rotatable bonds is 2. The lowest BCUT2D eigenvalue weighted by Crippen LogP contribution is -2.41. The van der Waals surface area contributed by atoms with Crippen molar-refractivity contribution in [2.75, 3.05) is 18.9 Å². The Bertz CT molecular complexity index is 513. The smallest absolute Gasteiger partial charge is 0.399 e. The molecule has 108 valence electrons. The second-order valence-corrected chi connectivity index (χ2v) is 6.55. The zero-order valence-electron chi connectivity index (χ0n) is 12.5. The van der Waals surface area contributed by atoms with Gasteiger partial charge in [-0.3, -0.25) is 4.98 Å². The molecular formula is C14H21BN2O3. The highest BCUT2D eigenvalue weighted by molar-refractivity contribution is 6.62. The number of nitrogen functional groups attached to an aromatic ring is 1. The Balaban J connectivity index is 1.97. The first-order valence-corrected chi connectivity index (χ1v) is 6.98. The number of pyridine rings is 1. The Morgan fingerprint density at radius 3 is 2.25 bits per heavy atom. The summed E-state index contributed by atoms with van der Waals surface area (Å²) in [5.74, 6) is 0.312. The second-order valence-electron chi connectivity index (χ2n) is 6.55. The van der Waals surface area contributed by atoms with Gasteiger partial charge in [0, 0.05) is 23.8 Å². The molecule has 1 aromatic rings. The van der Waals surface area contributed by atoms with E-state index in [1.165, 1.54) is 0 Å². The highest BCUT2D eigenvalue weighted by atomic mass is 16.7. The molecule has 0 spiro atoms. The van der Waals surface area contributed by atoms with Crippen molar-refractivity contribution < 1.29 is 14.0 Å². The van der Waals surface area contributed by atoms with Crippen LogP contribution in [0.3, 0.4) is 0 Å². The van der Waals surface area contributed by atoms with Crippen LogP contribution in [-0.2, 0) is 14.0 Å². The molecule has 0 unspecified atom stereocenters. The number of anilines is 1. The van der Waals surface area contributed by atoms with Gasteiger partial charge in [-0.25, -0.2) is 0 Å². The summed E-state index contributed by atoms with van der Waals surface area (Å²) in [5, 5.41) is 0. The Labute approximate surface area is 119 Å². The molecule has 3 heterocycles. The average molecular weight is 276 g/mol.